The van der Waals surface area contributed by atoms with Crippen molar-refractivity contribution >= 4 is 62.3 Å². The van der Waals surface area contributed by atoms with E-state index in [4.69, 9.17) is 11.6 Å². The van der Waals surface area contributed by atoms with Crippen molar-refractivity contribution in [2.75, 3.05) is 12.3 Å². The molecule has 2 heterocycles. The number of benzene rings is 1. The van der Waals surface area contributed by atoms with E-state index in [-0.39, 0.29) is 17.4 Å². The monoisotopic (exact) mass is 512 g/mol. The van der Waals surface area contributed by atoms with Gasteiger partial charge in [-0.2, -0.15) is 0 Å². The van der Waals surface area contributed by atoms with E-state index in [9.17, 15) is 9.59 Å². The number of aromatic nitrogens is 3. The minimum absolute atomic E-state index is 0.0450. The van der Waals surface area contributed by atoms with Gasteiger partial charge >= 0.3 is 0 Å². The number of rotatable bonds is 9. The normalized spacial score (nSPS) is 10.9. The molecule has 1 amide bonds. The summed E-state index contributed by atoms with van der Waals surface area (Å²) in [6.07, 6.45) is 1.38. The van der Waals surface area contributed by atoms with E-state index in [0.717, 1.165) is 21.7 Å². The van der Waals surface area contributed by atoms with E-state index >= 15 is 0 Å². The zero-order chi connectivity index (χ0) is 20.8. The summed E-state index contributed by atoms with van der Waals surface area (Å²) in [7, 11) is 0. The average molecular weight is 514 g/mol. The Bertz CT molecular complexity index is 1000. The molecule has 152 valence electrons. The number of nitrogens with one attached hydrogen (secondary N) is 1. The molecule has 0 bridgehead atoms. The third kappa shape index (κ3) is 6.15. The number of halogens is 2. The molecular formula is C19H18BrClN4O2S2. The van der Waals surface area contributed by atoms with Crippen LogP contribution in [0.2, 0.25) is 5.02 Å². The van der Waals surface area contributed by atoms with Gasteiger partial charge in [0.2, 0.25) is 5.91 Å². The maximum absolute atomic E-state index is 12.5. The molecule has 0 atom stereocenters. The summed E-state index contributed by atoms with van der Waals surface area (Å²) in [6.45, 7) is 2.06. The van der Waals surface area contributed by atoms with Gasteiger partial charge in [-0.25, -0.2) is 0 Å². The minimum atomic E-state index is -0.0564. The van der Waals surface area contributed by atoms with E-state index in [2.05, 4.69) is 31.4 Å². The summed E-state index contributed by atoms with van der Waals surface area (Å²) in [4.78, 5) is 24.2. The summed E-state index contributed by atoms with van der Waals surface area (Å²) < 4.78 is 2.86. The number of hydrogen-bond acceptors (Lipinski definition) is 6. The lowest BCUT2D eigenvalue weighted by Crippen LogP contribution is -2.21. The average Bonchev–Trinajstić information content (AvgIpc) is 3.30. The smallest absolute Gasteiger partial charge is 0.216 e. The van der Waals surface area contributed by atoms with Gasteiger partial charge < -0.3 is 5.32 Å². The number of carbonyl (C=O) groups excluding carboxylic acids is 2. The number of nitrogens with zero attached hydrogens (tertiary/aromatic N) is 3. The molecule has 3 aromatic rings. The standard InChI is InChI=1S/C19H18BrClN4O2S2/c1-12(26)22-10-2-3-18-23-24-19(25(18)14-6-4-13(21)5-7-14)28-11-15(27)16-8-9-17(20)29-16/h4-9H,2-3,10-11H2,1H3,(H,22,26). The topological polar surface area (TPSA) is 76.9 Å². The molecule has 3 rings (SSSR count). The summed E-state index contributed by atoms with van der Waals surface area (Å²) >= 11 is 12.2. The number of thiophene rings is 1. The van der Waals surface area contributed by atoms with Crippen LogP contribution in [0, 0.1) is 0 Å². The van der Waals surface area contributed by atoms with Crippen molar-refractivity contribution in [3.8, 4) is 5.69 Å². The lowest BCUT2D eigenvalue weighted by Gasteiger charge is -2.10. The van der Waals surface area contributed by atoms with Crippen LogP contribution in [0.1, 0.15) is 28.8 Å². The molecule has 0 aliphatic heterocycles. The molecule has 29 heavy (non-hydrogen) atoms. The van der Waals surface area contributed by atoms with E-state index < -0.39 is 0 Å². The van der Waals surface area contributed by atoms with Crippen LogP contribution in [0.5, 0.6) is 0 Å². The highest BCUT2D eigenvalue weighted by atomic mass is 79.9. The van der Waals surface area contributed by atoms with Gasteiger partial charge in [0.1, 0.15) is 5.82 Å². The first-order chi connectivity index (χ1) is 13.9. The molecular weight excluding hydrogens is 496 g/mol. The van der Waals surface area contributed by atoms with Crippen molar-refractivity contribution < 1.29 is 9.59 Å². The van der Waals surface area contributed by atoms with Gasteiger partial charge in [-0.15, -0.1) is 21.5 Å². The maximum atomic E-state index is 12.5. The number of thioether (sulfide) groups is 1. The van der Waals surface area contributed by atoms with Crippen LogP contribution in [-0.2, 0) is 11.2 Å². The fourth-order valence-corrected chi connectivity index (χ4v) is 4.98. The number of Topliss-reactive ketones (excluding diaryl/α,β-unsaturated/α-hetero) is 1. The molecule has 0 saturated carbocycles. The van der Waals surface area contributed by atoms with Crippen LogP contribution in [0.4, 0.5) is 0 Å². The molecule has 0 spiro atoms. The Hall–Kier alpha value is -1.68. The van der Waals surface area contributed by atoms with Crippen LogP contribution in [0.25, 0.3) is 5.69 Å². The number of ketones is 1. The molecule has 0 unspecified atom stereocenters. The fraction of sp³-hybridized carbons (Fsp3) is 0.263. The van der Waals surface area contributed by atoms with Gasteiger partial charge in [-0.3, -0.25) is 14.2 Å². The van der Waals surface area contributed by atoms with Gasteiger partial charge in [-0.1, -0.05) is 23.4 Å². The first-order valence-corrected chi connectivity index (χ1v) is 11.8. The summed E-state index contributed by atoms with van der Waals surface area (Å²) in [5.41, 5.74) is 0.878. The summed E-state index contributed by atoms with van der Waals surface area (Å²) in [5.74, 6) is 1.03. The van der Waals surface area contributed by atoms with Crippen molar-refractivity contribution in [1.29, 1.82) is 0 Å². The zero-order valence-electron chi connectivity index (χ0n) is 15.5. The highest BCUT2D eigenvalue weighted by Crippen LogP contribution is 2.27. The molecule has 10 heteroatoms. The number of carbonyl (C=O) groups is 2. The number of amides is 1. The summed E-state index contributed by atoms with van der Waals surface area (Å²) in [6, 6.07) is 11.1. The van der Waals surface area contributed by atoms with E-state index in [1.54, 1.807) is 12.1 Å². The molecule has 0 fully saturated rings. The zero-order valence-corrected chi connectivity index (χ0v) is 19.5. The van der Waals surface area contributed by atoms with Gasteiger partial charge in [0, 0.05) is 30.6 Å². The van der Waals surface area contributed by atoms with Gasteiger partial charge in [0.25, 0.3) is 0 Å². The Morgan fingerprint density at radius 2 is 1.97 bits per heavy atom. The fourth-order valence-electron chi connectivity index (χ4n) is 2.58. The van der Waals surface area contributed by atoms with Gasteiger partial charge in [-0.05, 0) is 58.7 Å². The second-order valence-electron chi connectivity index (χ2n) is 6.11. The Morgan fingerprint density at radius 1 is 1.21 bits per heavy atom. The van der Waals surface area contributed by atoms with Crippen LogP contribution < -0.4 is 5.32 Å². The van der Waals surface area contributed by atoms with Crippen molar-refractivity contribution in [2.45, 2.75) is 24.9 Å². The summed E-state index contributed by atoms with van der Waals surface area (Å²) in [5, 5.41) is 12.7. The van der Waals surface area contributed by atoms with E-state index in [1.165, 1.54) is 30.0 Å². The Morgan fingerprint density at radius 3 is 2.62 bits per heavy atom. The SMILES string of the molecule is CC(=O)NCCCc1nnc(SCC(=O)c2ccc(Br)s2)n1-c1ccc(Cl)cc1. The lowest BCUT2D eigenvalue weighted by atomic mass is 10.2. The van der Waals surface area contributed by atoms with Gasteiger partial charge in [0.15, 0.2) is 10.9 Å². The molecule has 0 aliphatic carbocycles. The van der Waals surface area contributed by atoms with Crippen molar-refractivity contribution in [2.24, 2.45) is 0 Å². The third-order valence-corrected chi connectivity index (χ3v) is 6.76. The maximum Gasteiger partial charge on any atom is 0.216 e. The largest absolute Gasteiger partial charge is 0.356 e. The molecule has 1 aromatic carbocycles. The van der Waals surface area contributed by atoms with Crippen molar-refractivity contribution in [3.05, 3.63) is 55.9 Å². The predicted molar refractivity (Wildman–Crippen MR) is 120 cm³/mol. The molecule has 6 nitrogen and oxygen atoms in total. The van der Waals surface area contributed by atoms with Crippen molar-refractivity contribution in [3.63, 3.8) is 0 Å². The highest BCUT2D eigenvalue weighted by Gasteiger charge is 2.17. The Balaban J connectivity index is 1.77. The molecule has 2 aromatic heterocycles. The van der Waals surface area contributed by atoms with Crippen LogP contribution in [0.15, 0.2) is 45.3 Å². The first kappa shape index (κ1) is 22.0. The molecule has 1 N–H and O–H groups in total. The van der Waals surface area contributed by atoms with Crippen LogP contribution in [0.3, 0.4) is 0 Å². The molecule has 0 radical (unpaired) electrons. The second kappa shape index (κ2) is 10.4. The molecule has 0 aliphatic rings. The van der Waals surface area contributed by atoms with E-state index in [1.807, 2.05) is 28.8 Å². The Kier molecular flexibility index (Phi) is 7.88. The lowest BCUT2D eigenvalue weighted by molar-refractivity contribution is -0.118. The number of aryl methyl sites for hydroxylation is 1. The quantitative estimate of drug-likeness (QED) is 0.253. The molecule has 0 saturated heterocycles. The van der Waals surface area contributed by atoms with Crippen LogP contribution in [-0.4, -0.2) is 38.8 Å². The highest BCUT2D eigenvalue weighted by molar-refractivity contribution is 9.11. The third-order valence-electron chi connectivity index (χ3n) is 3.92. The minimum Gasteiger partial charge on any atom is -0.356 e. The Labute approximate surface area is 190 Å². The van der Waals surface area contributed by atoms with Crippen LogP contribution >= 0.6 is 50.6 Å². The first-order valence-electron chi connectivity index (χ1n) is 8.80. The number of hydrogen-bond donors (Lipinski definition) is 1. The van der Waals surface area contributed by atoms with Gasteiger partial charge in [0.05, 0.1) is 14.4 Å². The predicted octanol–water partition coefficient (Wildman–Crippen LogP) is 4.79. The second-order valence-corrected chi connectivity index (χ2v) is 9.95. The van der Waals surface area contributed by atoms with E-state index in [0.29, 0.717) is 28.0 Å². The van der Waals surface area contributed by atoms with Crippen molar-refractivity contribution in [1.82, 2.24) is 20.1 Å².